The van der Waals surface area contributed by atoms with Gasteiger partial charge in [-0.3, -0.25) is 39.1 Å². The Morgan fingerprint density at radius 2 is 1.58 bits per heavy atom. The maximum absolute atomic E-state index is 13.3. The fourth-order valence-electron chi connectivity index (χ4n) is 9.65. The van der Waals surface area contributed by atoms with Gasteiger partial charge in [-0.25, -0.2) is 14.8 Å². The molecule has 16 nitrogen and oxygen atoms in total. The topological polar surface area (TPSA) is 186 Å². The second-order valence-electron chi connectivity index (χ2n) is 16.3. The number of nitrogens with one attached hydrogen (secondary N) is 1. The van der Waals surface area contributed by atoms with Crippen LogP contribution in [0.15, 0.2) is 48.7 Å². The van der Waals surface area contributed by atoms with E-state index in [1.54, 1.807) is 23.2 Å². The Bertz CT molecular complexity index is 2160. The quantitative estimate of drug-likeness (QED) is 0.300. The number of imide groups is 2. The van der Waals surface area contributed by atoms with E-state index in [1.165, 1.54) is 0 Å². The average molecular weight is 775 g/mol. The number of rotatable bonds is 9. The second-order valence-corrected chi connectivity index (χ2v) is 16.3. The first-order chi connectivity index (χ1) is 27.5. The largest absolute Gasteiger partial charge is 0.371 e. The van der Waals surface area contributed by atoms with Gasteiger partial charge >= 0.3 is 6.03 Å². The van der Waals surface area contributed by atoms with Gasteiger partial charge in [0.2, 0.25) is 11.8 Å². The standard InChI is InChI=1S/C41H46N10O6/c1-46-13-14-50(41(46)57)29-3-2-12-48(23-29)34-17-43-36(37(42)53)32(44-34)16-24-4-7-28(8-5-24)49-21-26-19-47(20-27(26)22-49)18-25-6-9-30-31(15-25)40(56)51(39(30)55)33-10-11-35(52)45-38(33)54/h4-9,15,17,26-27,29,33H,2-3,10-14,16,18-23H2,1H3,(H2,42,53)(H,45,52,54)/t26?,27?,29-,33?/m1/s1. The molecule has 7 heterocycles. The van der Waals surface area contributed by atoms with Gasteiger partial charge in [0.1, 0.15) is 17.6 Å². The third-order valence-electron chi connectivity index (χ3n) is 12.6. The molecule has 0 saturated carbocycles. The molecule has 5 fully saturated rings. The van der Waals surface area contributed by atoms with Gasteiger partial charge in [-0.1, -0.05) is 18.2 Å². The maximum Gasteiger partial charge on any atom is 0.320 e. The van der Waals surface area contributed by atoms with Crippen LogP contribution in [0, 0.1) is 11.8 Å². The van der Waals surface area contributed by atoms with Gasteiger partial charge < -0.3 is 25.3 Å². The molecule has 6 aliphatic rings. The third-order valence-corrected chi connectivity index (χ3v) is 12.6. The summed E-state index contributed by atoms with van der Waals surface area (Å²) in [6, 6.07) is 12.9. The number of hydrogen-bond acceptors (Lipinski definition) is 11. The predicted octanol–water partition coefficient (Wildman–Crippen LogP) is 1.47. The maximum atomic E-state index is 13.3. The van der Waals surface area contributed by atoms with Gasteiger partial charge in [0.05, 0.1) is 29.1 Å². The van der Waals surface area contributed by atoms with Crippen molar-refractivity contribution in [3.63, 3.8) is 0 Å². The molecule has 2 aromatic carbocycles. The number of amides is 7. The van der Waals surface area contributed by atoms with E-state index < -0.39 is 35.6 Å². The molecule has 7 amide bonds. The first-order valence-electron chi connectivity index (χ1n) is 19.8. The number of fused-ring (bicyclic) bond motifs is 2. The Morgan fingerprint density at radius 1 is 0.842 bits per heavy atom. The smallest absolute Gasteiger partial charge is 0.320 e. The van der Waals surface area contributed by atoms with Crippen molar-refractivity contribution in [3.8, 4) is 0 Å². The highest BCUT2D eigenvalue weighted by Gasteiger charge is 2.45. The molecule has 3 aromatic rings. The summed E-state index contributed by atoms with van der Waals surface area (Å²) in [4.78, 5) is 96.7. The minimum atomic E-state index is -0.979. The molecule has 5 saturated heterocycles. The van der Waals surface area contributed by atoms with E-state index >= 15 is 0 Å². The van der Waals surface area contributed by atoms with Crippen LogP contribution in [0.25, 0.3) is 0 Å². The Labute approximate surface area is 329 Å². The van der Waals surface area contributed by atoms with Crippen molar-refractivity contribution in [1.29, 1.82) is 0 Å². The number of anilines is 2. The van der Waals surface area contributed by atoms with E-state index in [-0.39, 0.29) is 30.6 Å². The average Bonchev–Trinajstić information content (AvgIpc) is 3.93. The lowest BCUT2D eigenvalue weighted by Crippen LogP contribution is -2.54. The zero-order valence-electron chi connectivity index (χ0n) is 31.9. The minimum absolute atomic E-state index is 0.0648. The van der Waals surface area contributed by atoms with Crippen LogP contribution in [0.3, 0.4) is 0 Å². The lowest BCUT2D eigenvalue weighted by Gasteiger charge is -2.37. The van der Waals surface area contributed by atoms with Crippen molar-refractivity contribution in [1.82, 2.24) is 34.9 Å². The third kappa shape index (κ3) is 6.85. The second kappa shape index (κ2) is 14.6. The summed E-state index contributed by atoms with van der Waals surface area (Å²) in [5.41, 5.74) is 10.1. The number of hydrogen-bond donors (Lipinski definition) is 2. The summed E-state index contributed by atoms with van der Waals surface area (Å²) in [5, 5.41) is 2.24. The van der Waals surface area contributed by atoms with Crippen LogP contribution < -0.4 is 20.9 Å². The number of likely N-dealkylation sites (N-methyl/N-ethyl adjacent to an activating group) is 1. The molecule has 3 N–H and O–H groups in total. The van der Waals surface area contributed by atoms with E-state index in [0.29, 0.717) is 54.0 Å². The minimum Gasteiger partial charge on any atom is -0.371 e. The zero-order valence-corrected chi connectivity index (χ0v) is 31.9. The molecule has 0 aliphatic carbocycles. The van der Waals surface area contributed by atoms with Crippen LogP contribution in [0.1, 0.15) is 73.7 Å². The van der Waals surface area contributed by atoms with Gasteiger partial charge in [-0.05, 0) is 66.5 Å². The number of nitrogens with two attached hydrogens (primary N) is 1. The molecule has 6 aliphatic heterocycles. The predicted molar refractivity (Wildman–Crippen MR) is 207 cm³/mol. The van der Waals surface area contributed by atoms with Gasteiger partial charge in [-0.15, -0.1) is 0 Å². The molecule has 0 radical (unpaired) electrons. The molecular formula is C41H46N10O6. The molecule has 3 unspecified atom stereocenters. The molecule has 1 aromatic heterocycles. The summed E-state index contributed by atoms with van der Waals surface area (Å²) in [6.45, 7) is 7.25. The molecule has 9 rings (SSSR count). The van der Waals surface area contributed by atoms with Crippen LogP contribution in [-0.2, 0) is 22.6 Å². The highest BCUT2D eigenvalue weighted by Crippen LogP contribution is 2.36. The van der Waals surface area contributed by atoms with Crippen LogP contribution in [0.4, 0.5) is 16.3 Å². The Balaban J connectivity index is 0.808. The molecule has 57 heavy (non-hydrogen) atoms. The number of primary amides is 1. The van der Waals surface area contributed by atoms with Crippen molar-refractivity contribution in [3.05, 3.63) is 82.3 Å². The summed E-state index contributed by atoms with van der Waals surface area (Å²) in [5.74, 6) is -0.948. The summed E-state index contributed by atoms with van der Waals surface area (Å²) >= 11 is 0. The van der Waals surface area contributed by atoms with E-state index in [0.717, 1.165) is 80.4 Å². The SMILES string of the molecule is CN1CCN([C@@H]2CCCN(c3cnc(C(N)=O)c(Cc4ccc(N5CC6CN(Cc7ccc8c(c7)C(=O)N(C7CCC(=O)NC7=O)C8=O)CC6C5)cc4)n3)C2)C1=O. The number of benzene rings is 2. The molecule has 296 valence electrons. The highest BCUT2D eigenvalue weighted by molar-refractivity contribution is 6.23. The number of urea groups is 1. The fraction of sp³-hybridized carbons (Fsp3) is 0.463. The lowest BCUT2D eigenvalue weighted by molar-refractivity contribution is -0.136. The van der Waals surface area contributed by atoms with Gasteiger partial charge in [0, 0.05) is 84.5 Å². The number of nitrogens with zero attached hydrogens (tertiary/aromatic N) is 8. The summed E-state index contributed by atoms with van der Waals surface area (Å²) < 4.78 is 0. The van der Waals surface area contributed by atoms with E-state index in [2.05, 4.69) is 49.3 Å². The first-order valence-corrected chi connectivity index (χ1v) is 19.8. The number of likely N-dealkylation sites (tertiary alicyclic amines) is 1. The Hall–Kier alpha value is -5.90. The van der Waals surface area contributed by atoms with Gasteiger partial charge in [0.25, 0.3) is 17.7 Å². The van der Waals surface area contributed by atoms with E-state index in [4.69, 9.17) is 10.7 Å². The van der Waals surface area contributed by atoms with Crippen molar-refractivity contribution < 1.29 is 28.8 Å². The molecule has 4 atom stereocenters. The Kier molecular flexibility index (Phi) is 9.38. The summed E-state index contributed by atoms with van der Waals surface area (Å²) in [6.07, 6.45) is 4.11. The fourth-order valence-corrected chi connectivity index (χ4v) is 9.65. The monoisotopic (exact) mass is 774 g/mol. The first kappa shape index (κ1) is 36.7. The Morgan fingerprint density at radius 3 is 2.28 bits per heavy atom. The molecule has 0 spiro atoms. The van der Waals surface area contributed by atoms with Crippen molar-refractivity contribution in [2.24, 2.45) is 17.6 Å². The van der Waals surface area contributed by atoms with E-state index in [1.807, 2.05) is 18.0 Å². The van der Waals surface area contributed by atoms with Gasteiger partial charge in [-0.2, -0.15) is 0 Å². The lowest BCUT2D eigenvalue weighted by atomic mass is 10.0. The van der Waals surface area contributed by atoms with Crippen molar-refractivity contribution in [2.45, 2.75) is 50.7 Å². The van der Waals surface area contributed by atoms with Crippen LogP contribution >= 0.6 is 0 Å². The van der Waals surface area contributed by atoms with Crippen molar-refractivity contribution in [2.75, 3.05) is 69.2 Å². The van der Waals surface area contributed by atoms with Crippen LogP contribution in [-0.4, -0.2) is 137 Å². The zero-order chi connectivity index (χ0) is 39.5. The number of aromatic nitrogens is 2. The number of carbonyl (C=O) groups is 6. The summed E-state index contributed by atoms with van der Waals surface area (Å²) in [7, 11) is 1.83. The molecule has 16 heteroatoms. The molecular weight excluding hydrogens is 729 g/mol. The number of carbonyl (C=O) groups excluding carboxylic acids is 6. The number of piperidine rings is 2. The van der Waals surface area contributed by atoms with E-state index in [9.17, 15) is 28.8 Å². The van der Waals surface area contributed by atoms with Gasteiger partial charge in [0.15, 0.2) is 0 Å². The van der Waals surface area contributed by atoms with Crippen LogP contribution in [0.2, 0.25) is 0 Å². The van der Waals surface area contributed by atoms with Crippen molar-refractivity contribution >= 4 is 47.1 Å². The highest BCUT2D eigenvalue weighted by atomic mass is 16.2. The normalized spacial score (nSPS) is 25.1. The van der Waals surface area contributed by atoms with Crippen LogP contribution in [0.5, 0.6) is 0 Å². The molecule has 0 bridgehead atoms.